The quantitative estimate of drug-likeness (QED) is 0.398. The van der Waals surface area contributed by atoms with Gasteiger partial charge in [0.05, 0.1) is 5.69 Å². The van der Waals surface area contributed by atoms with Crippen molar-refractivity contribution < 1.29 is 9.53 Å². The van der Waals surface area contributed by atoms with Gasteiger partial charge in [0, 0.05) is 24.9 Å². The smallest absolute Gasteiger partial charge is 0.227 e. The summed E-state index contributed by atoms with van der Waals surface area (Å²) in [5, 5.41) is 0.763. The van der Waals surface area contributed by atoms with E-state index in [1.54, 1.807) is 11.9 Å². The summed E-state index contributed by atoms with van der Waals surface area (Å²) < 4.78 is 5.99. The Morgan fingerprint density at radius 2 is 1.62 bits per heavy atom. The van der Waals surface area contributed by atoms with Crippen LogP contribution in [0.1, 0.15) is 23.4 Å². The molecule has 0 unspecified atom stereocenters. The van der Waals surface area contributed by atoms with E-state index in [0.29, 0.717) is 18.6 Å². The lowest BCUT2D eigenvalue weighted by atomic mass is 10.1. The van der Waals surface area contributed by atoms with Gasteiger partial charge < -0.3 is 9.64 Å². The molecule has 5 nitrogen and oxygen atoms in total. The predicted molar refractivity (Wildman–Crippen MR) is 118 cm³/mol. The van der Waals surface area contributed by atoms with Crippen molar-refractivity contribution in [2.45, 2.75) is 31.8 Å². The zero-order valence-corrected chi connectivity index (χ0v) is 18.0. The highest BCUT2D eigenvalue weighted by Gasteiger charge is 2.17. The number of para-hydroxylation sites is 3. The van der Waals surface area contributed by atoms with Crippen LogP contribution in [0.3, 0.4) is 0 Å². The zero-order valence-electron chi connectivity index (χ0n) is 17.2. The molecule has 0 radical (unpaired) electrons. The van der Waals surface area contributed by atoms with Gasteiger partial charge in [0.2, 0.25) is 5.91 Å². The summed E-state index contributed by atoms with van der Waals surface area (Å²) in [7, 11) is 1.78. The molecule has 0 bridgehead atoms. The predicted octanol–water partition coefficient (Wildman–Crippen LogP) is 5.20. The van der Waals surface area contributed by atoms with E-state index < -0.39 is 0 Å². The van der Waals surface area contributed by atoms with E-state index in [-0.39, 0.29) is 5.91 Å². The summed E-state index contributed by atoms with van der Waals surface area (Å²) in [6.45, 7) is 3.95. The first kappa shape index (κ1) is 20.9. The summed E-state index contributed by atoms with van der Waals surface area (Å²) in [5.41, 5.74) is 3.65. The number of hydrogen-bond acceptors (Lipinski definition) is 5. The highest BCUT2D eigenvalue weighted by atomic mass is 32.2. The van der Waals surface area contributed by atoms with Gasteiger partial charge in [0.15, 0.2) is 10.9 Å². The van der Waals surface area contributed by atoms with Gasteiger partial charge in [-0.1, -0.05) is 42.1 Å². The number of amides is 1. The van der Waals surface area contributed by atoms with Crippen molar-refractivity contribution in [1.82, 2.24) is 9.97 Å². The van der Waals surface area contributed by atoms with Gasteiger partial charge in [-0.2, -0.15) is 0 Å². The minimum Gasteiger partial charge on any atom is -0.455 e. The van der Waals surface area contributed by atoms with Crippen molar-refractivity contribution >= 4 is 23.4 Å². The van der Waals surface area contributed by atoms with E-state index in [1.807, 2.05) is 74.7 Å². The summed E-state index contributed by atoms with van der Waals surface area (Å²) in [5.74, 6) is 1.40. The second-order valence-corrected chi connectivity index (χ2v) is 7.47. The molecule has 1 heterocycles. The minimum atomic E-state index is 0.0156. The SMILES string of the molecule is CSc1nc(C)c(CCC(=O)N(C)c2ccccc2Oc2ccccc2)c(C)n1. The highest BCUT2D eigenvalue weighted by molar-refractivity contribution is 7.98. The van der Waals surface area contributed by atoms with E-state index in [9.17, 15) is 4.79 Å². The second kappa shape index (κ2) is 9.56. The summed E-state index contributed by atoms with van der Waals surface area (Å²) >= 11 is 1.52. The molecule has 2 aromatic carbocycles. The molecule has 1 aromatic heterocycles. The number of thioether (sulfide) groups is 1. The van der Waals surface area contributed by atoms with E-state index >= 15 is 0 Å². The molecule has 6 heteroatoms. The third-order valence-corrected chi connectivity index (χ3v) is 5.29. The minimum absolute atomic E-state index is 0.0156. The molecule has 0 aliphatic rings. The lowest BCUT2D eigenvalue weighted by Gasteiger charge is -2.21. The van der Waals surface area contributed by atoms with Gasteiger partial charge in [-0.25, -0.2) is 9.97 Å². The number of rotatable bonds is 7. The number of anilines is 1. The summed E-state index contributed by atoms with van der Waals surface area (Å²) in [4.78, 5) is 23.5. The van der Waals surface area contributed by atoms with Gasteiger partial charge in [-0.05, 0) is 56.4 Å². The fraction of sp³-hybridized carbons (Fsp3) is 0.261. The molecule has 0 fully saturated rings. The van der Waals surface area contributed by atoms with Crippen LogP contribution in [-0.2, 0) is 11.2 Å². The van der Waals surface area contributed by atoms with Crippen LogP contribution in [0.15, 0.2) is 59.8 Å². The topological polar surface area (TPSA) is 55.3 Å². The third-order valence-electron chi connectivity index (χ3n) is 4.74. The monoisotopic (exact) mass is 407 g/mol. The summed E-state index contributed by atoms with van der Waals surface area (Å²) in [6.07, 6.45) is 2.94. The first-order valence-corrected chi connectivity index (χ1v) is 10.7. The van der Waals surface area contributed by atoms with E-state index in [4.69, 9.17) is 4.74 Å². The Hall–Kier alpha value is -2.86. The van der Waals surface area contributed by atoms with Crippen molar-refractivity contribution in [2.24, 2.45) is 0 Å². The van der Waals surface area contributed by atoms with Crippen molar-refractivity contribution in [3.63, 3.8) is 0 Å². The Bertz CT molecular complexity index is 969. The number of nitrogens with zero attached hydrogens (tertiary/aromatic N) is 3. The maximum absolute atomic E-state index is 12.9. The lowest BCUT2D eigenvalue weighted by Crippen LogP contribution is -2.27. The molecule has 3 aromatic rings. The van der Waals surface area contributed by atoms with Crippen LogP contribution in [0.4, 0.5) is 5.69 Å². The molecule has 0 aliphatic carbocycles. The molecule has 3 rings (SSSR count). The molecule has 1 amide bonds. The number of carbonyl (C=O) groups excluding carboxylic acids is 1. The number of aromatic nitrogens is 2. The molecule has 0 spiro atoms. The van der Waals surface area contributed by atoms with Gasteiger partial charge >= 0.3 is 0 Å². The van der Waals surface area contributed by atoms with Crippen molar-refractivity contribution in [3.8, 4) is 11.5 Å². The van der Waals surface area contributed by atoms with Crippen molar-refractivity contribution in [2.75, 3.05) is 18.2 Å². The van der Waals surface area contributed by atoms with Crippen LogP contribution >= 0.6 is 11.8 Å². The molecule has 0 saturated heterocycles. The first-order chi connectivity index (χ1) is 14.0. The van der Waals surface area contributed by atoms with Crippen LogP contribution in [0.5, 0.6) is 11.5 Å². The van der Waals surface area contributed by atoms with Crippen LogP contribution in [0.25, 0.3) is 0 Å². The molecular weight excluding hydrogens is 382 g/mol. The van der Waals surface area contributed by atoms with Crippen molar-refractivity contribution in [3.05, 3.63) is 71.5 Å². The van der Waals surface area contributed by atoms with Gasteiger partial charge in [-0.15, -0.1) is 0 Å². The maximum atomic E-state index is 12.9. The van der Waals surface area contributed by atoms with E-state index in [0.717, 1.165) is 33.5 Å². The largest absolute Gasteiger partial charge is 0.455 e. The average molecular weight is 408 g/mol. The van der Waals surface area contributed by atoms with E-state index in [1.165, 1.54) is 11.8 Å². The fourth-order valence-corrected chi connectivity index (χ4v) is 3.59. The number of aryl methyl sites for hydroxylation is 2. The number of ether oxygens (including phenoxy) is 1. The molecule has 0 atom stereocenters. The standard InChI is InChI=1S/C23H25N3O2S/c1-16-19(17(2)25-23(24-16)29-4)14-15-22(27)26(3)20-12-8-9-13-21(20)28-18-10-6-5-7-11-18/h5-13H,14-15H2,1-4H3. The van der Waals surface area contributed by atoms with Crippen LogP contribution in [0, 0.1) is 13.8 Å². The fourth-order valence-electron chi connectivity index (χ4n) is 3.13. The Morgan fingerprint density at radius 3 is 2.28 bits per heavy atom. The normalized spacial score (nSPS) is 10.6. The number of carbonyl (C=O) groups is 1. The van der Waals surface area contributed by atoms with Crippen molar-refractivity contribution in [1.29, 1.82) is 0 Å². The second-order valence-electron chi connectivity index (χ2n) is 6.70. The Labute approximate surface area is 176 Å². The Balaban J connectivity index is 1.73. The molecule has 0 N–H and O–H groups in total. The van der Waals surface area contributed by atoms with Gasteiger partial charge in [-0.3, -0.25) is 4.79 Å². The molecular formula is C23H25N3O2S. The van der Waals surface area contributed by atoms with Gasteiger partial charge in [0.25, 0.3) is 0 Å². The van der Waals surface area contributed by atoms with Crippen LogP contribution < -0.4 is 9.64 Å². The first-order valence-electron chi connectivity index (χ1n) is 9.46. The Kier molecular flexibility index (Phi) is 6.88. The zero-order chi connectivity index (χ0) is 20.8. The molecule has 29 heavy (non-hydrogen) atoms. The van der Waals surface area contributed by atoms with Gasteiger partial charge in [0.1, 0.15) is 5.75 Å². The number of benzene rings is 2. The molecule has 0 aliphatic heterocycles. The molecule has 0 saturated carbocycles. The third kappa shape index (κ3) is 5.15. The highest BCUT2D eigenvalue weighted by Crippen LogP contribution is 2.32. The summed E-state index contributed by atoms with van der Waals surface area (Å²) in [6, 6.07) is 17.1. The lowest BCUT2D eigenvalue weighted by molar-refractivity contribution is -0.118. The maximum Gasteiger partial charge on any atom is 0.227 e. The van der Waals surface area contributed by atoms with Crippen LogP contribution in [-0.4, -0.2) is 29.2 Å². The average Bonchev–Trinajstić information content (AvgIpc) is 2.73. The van der Waals surface area contributed by atoms with Crippen LogP contribution in [0.2, 0.25) is 0 Å². The molecule has 150 valence electrons. The van der Waals surface area contributed by atoms with E-state index in [2.05, 4.69) is 9.97 Å². The number of hydrogen-bond donors (Lipinski definition) is 0. The Morgan fingerprint density at radius 1 is 1.00 bits per heavy atom.